The fourth-order valence-corrected chi connectivity index (χ4v) is 10.6. The Kier molecular flexibility index (Phi) is 31.5. The van der Waals surface area contributed by atoms with E-state index in [2.05, 4.69) is 12.5 Å². The summed E-state index contributed by atoms with van der Waals surface area (Å²) >= 11 is 0. The lowest BCUT2D eigenvalue weighted by Crippen LogP contribution is -2.62. The van der Waals surface area contributed by atoms with Gasteiger partial charge in [0, 0.05) is 26.9 Å². The molecule has 79 heavy (non-hydrogen) atoms. The average Bonchev–Trinajstić information content (AvgIpc) is 3.30. The third-order valence-electron chi connectivity index (χ3n) is 12.2. The van der Waals surface area contributed by atoms with Crippen molar-refractivity contribution in [1.29, 1.82) is 0 Å². The zero-order valence-corrected chi connectivity index (χ0v) is 42.0. The molecule has 0 radical (unpaired) electrons. The molecule has 11 unspecified atom stereocenters. The van der Waals surface area contributed by atoms with Gasteiger partial charge in [0.2, 0.25) is 0 Å². The number of aliphatic hydroxyl groups is 11. The second-order valence-corrected chi connectivity index (χ2v) is 21.3. The molecule has 476 valence electrons. The van der Waals surface area contributed by atoms with Gasteiger partial charge in [0.05, 0.1) is 64.1 Å². The average molecular weight is 1270 g/mol. The van der Waals surface area contributed by atoms with E-state index in [1.54, 1.807) is 0 Å². The second kappa shape index (κ2) is 32.1. The minimum atomic E-state index is -5.52. The topological polar surface area (TPSA) is 560 Å². The van der Waals surface area contributed by atoms with Crippen LogP contribution in [0.3, 0.4) is 0 Å². The van der Waals surface area contributed by atoms with E-state index in [-0.39, 0.29) is 27.0 Å². The minimum Gasteiger partial charge on any atom is -0.394 e. The highest BCUT2D eigenvalue weighted by Crippen LogP contribution is 2.37. The maximum Gasteiger partial charge on any atom is 0.397 e. The van der Waals surface area contributed by atoms with Crippen molar-refractivity contribution < 1.29 is 181 Å². The minimum absolute atomic E-state index is 0. The van der Waals surface area contributed by atoms with Gasteiger partial charge in [-0.25, -0.2) is 16.7 Å². The maximum absolute atomic E-state index is 12.0. The van der Waals surface area contributed by atoms with Gasteiger partial charge in [-0.05, 0) is 13.8 Å². The lowest BCUT2D eigenvalue weighted by Gasteiger charge is -2.46. The second-order valence-electron chi connectivity index (χ2n) is 17.1. The van der Waals surface area contributed by atoms with Crippen LogP contribution in [-0.4, -0.2) is 283 Å². The summed E-state index contributed by atoms with van der Waals surface area (Å²) in [4.78, 5) is 0. The van der Waals surface area contributed by atoms with Gasteiger partial charge < -0.3 is 98.8 Å². The fourth-order valence-electron chi connectivity index (χ4n) is 8.47. The molecule has 0 aliphatic carbocycles. The normalized spacial score (nSPS) is 41.2. The van der Waals surface area contributed by atoms with Gasteiger partial charge in [-0.15, -0.1) is 0 Å². The number of hydrogen-bond acceptors (Lipinski definition) is 32. The van der Waals surface area contributed by atoms with Crippen LogP contribution in [0.25, 0.3) is 0 Å². The van der Waals surface area contributed by atoms with Gasteiger partial charge >= 0.3 is 41.6 Å². The summed E-state index contributed by atoms with van der Waals surface area (Å²) in [5, 5.41) is 117. The largest absolute Gasteiger partial charge is 0.397 e. The summed E-state index contributed by atoms with van der Waals surface area (Å²) in [6.07, 6.45) is -43.7. The highest BCUT2D eigenvalue weighted by atomic mass is 32.3. The van der Waals surface area contributed by atoms with E-state index in [1.807, 2.05) is 0 Å². The zero-order chi connectivity index (χ0) is 56.9. The van der Waals surface area contributed by atoms with Crippen molar-refractivity contribution in [3.63, 3.8) is 0 Å². The van der Waals surface area contributed by atoms with Crippen molar-refractivity contribution in [1.82, 2.24) is 0 Å². The molecular weight excluding hydrogens is 1190 g/mol. The Bertz CT molecular complexity index is 2250. The number of aliphatic hydroxyl groups excluding tert-OH is 11. The Morgan fingerprint density at radius 2 is 0.709 bits per heavy atom. The zero-order valence-electron chi connectivity index (χ0n) is 38.8. The fraction of sp³-hybridized carbons (Fsp3) is 1.00. The SMILES string of the molecule is C.C.C.CC1O[C@@H](OC[C@@H]2C(C)O[C@@H](OC[C@H]3C(O)[C@H](OC[C@H]4C(CO[C@@H]5OC(CO)[C@H](O)[C@@H](OS(=O)(=O)O)C5O)OC(O)C(O)[C@@H]4OS(=O)(=O)O)OC(CO)[C@@H]3O)C(O)[C@H]2OS(=O)(=O)O)C(O)[C@@H](OS(=O)(=O)O)[C@@H]1O.F.FF. The number of hydrogen-bond donors (Lipinski definition) is 15. The van der Waals surface area contributed by atoms with Crippen molar-refractivity contribution in [2.45, 2.75) is 171 Å². The van der Waals surface area contributed by atoms with Crippen LogP contribution in [0, 0.1) is 17.8 Å². The van der Waals surface area contributed by atoms with Gasteiger partial charge in [0.1, 0.15) is 79.4 Å². The van der Waals surface area contributed by atoms with Crippen LogP contribution < -0.4 is 0 Å². The monoisotopic (exact) mass is 1260 g/mol. The molecule has 0 bridgehead atoms. The molecular formula is C36H71F3O36S4. The molecule has 0 amide bonds. The molecule has 0 saturated carbocycles. The van der Waals surface area contributed by atoms with Crippen molar-refractivity contribution in [3.05, 3.63) is 0 Å². The Morgan fingerprint density at radius 1 is 0.380 bits per heavy atom. The lowest BCUT2D eigenvalue weighted by molar-refractivity contribution is -0.334. The quantitative estimate of drug-likeness (QED) is 0.0448. The maximum atomic E-state index is 12.0. The summed E-state index contributed by atoms with van der Waals surface area (Å²) in [6, 6.07) is 0. The first kappa shape index (κ1) is 77.5. The smallest absolute Gasteiger partial charge is 0.394 e. The first-order valence-corrected chi connectivity index (χ1v) is 27.0. The molecule has 36 nitrogen and oxygen atoms in total. The van der Waals surface area contributed by atoms with Crippen LogP contribution in [0.2, 0.25) is 0 Å². The van der Waals surface area contributed by atoms with E-state index in [9.17, 15) is 98.9 Å². The number of rotatable bonds is 22. The van der Waals surface area contributed by atoms with Crippen LogP contribution >= 0.6 is 0 Å². The summed E-state index contributed by atoms with van der Waals surface area (Å²) in [7, 11) is -21.6. The molecule has 25 atom stereocenters. The Labute approximate surface area is 450 Å². The van der Waals surface area contributed by atoms with E-state index < -0.39 is 234 Å². The van der Waals surface area contributed by atoms with Crippen LogP contribution in [0.15, 0.2) is 0 Å². The Balaban J connectivity index is 0.0000100. The molecule has 0 spiro atoms. The summed E-state index contributed by atoms with van der Waals surface area (Å²) in [5.74, 6) is -4.91. The molecule has 0 aromatic carbocycles. The van der Waals surface area contributed by atoms with Crippen LogP contribution in [0.5, 0.6) is 0 Å². The molecule has 5 fully saturated rings. The third kappa shape index (κ3) is 20.9. The van der Waals surface area contributed by atoms with Crippen LogP contribution in [0.1, 0.15) is 36.1 Å². The molecule has 15 N–H and O–H groups in total. The summed E-state index contributed by atoms with van der Waals surface area (Å²) in [6.45, 7) is -3.39. The van der Waals surface area contributed by atoms with Gasteiger partial charge in [0.15, 0.2) is 31.5 Å². The predicted molar refractivity (Wildman–Crippen MR) is 244 cm³/mol. The molecule has 5 saturated heterocycles. The highest BCUT2D eigenvalue weighted by Gasteiger charge is 2.54. The van der Waals surface area contributed by atoms with Crippen molar-refractivity contribution >= 4 is 41.6 Å². The Hall–Kier alpha value is -1.53. The van der Waals surface area contributed by atoms with E-state index in [0.29, 0.717) is 0 Å². The standard InChI is InChI=1S/C33H58O36S4.3CH4.F2.FH/c1-9-11(5-57-32-23(42)27(68-72(51,52)53)17(36)10(2)62-32)25(66-70(45,46)47)22(41)31(61-9)59-7-13-18(37)14(3-34)64-30(19(13)38)58-6-12-16(63-29(44)21(40)26(12)67-71(48,49)50)8-60-33-24(43)28(69-73(54,55)56)20(39)15(4-35)65-33;;;;1-2;/h9-44H,3-8H2,1-2H3,(H,45,46,47)(H,48,49,50)(H,51,52,53)(H,54,55,56);3*1H4;;1H/t9?,10?,11-,12+,13-,14?,15?,16?,17-,18-,19?,20+,21?,22?,23?,24?,25+,26-,27+,28-,29?,30-,31-,32-,33-;;;;;/m1...../s1. The lowest BCUT2D eigenvalue weighted by atomic mass is 9.88. The van der Waals surface area contributed by atoms with E-state index in [1.165, 1.54) is 13.8 Å². The molecule has 43 heteroatoms. The molecule has 0 aromatic rings. The van der Waals surface area contributed by atoms with Crippen molar-refractivity contribution in [2.24, 2.45) is 17.8 Å². The van der Waals surface area contributed by atoms with E-state index in [4.69, 9.17) is 65.1 Å². The van der Waals surface area contributed by atoms with Crippen molar-refractivity contribution in [2.75, 3.05) is 39.6 Å². The van der Waals surface area contributed by atoms with Gasteiger partial charge in [-0.1, -0.05) is 22.3 Å². The van der Waals surface area contributed by atoms with Crippen molar-refractivity contribution in [3.8, 4) is 0 Å². The first-order valence-electron chi connectivity index (χ1n) is 21.5. The summed E-state index contributed by atoms with van der Waals surface area (Å²) < 4.78 is 214. The van der Waals surface area contributed by atoms with Gasteiger partial charge in [-0.2, -0.15) is 33.7 Å². The molecule has 0 aromatic heterocycles. The molecule has 5 aliphatic heterocycles. The van der Waals surface area contributed by atoms with E-state index >= 15 is 0 Å². The predicted octanol–water partition coefficient (Wildman–Crippen LogP) is -6.92. The number of halogens is 3. The third-order valence-corrected chi connectivity index (χ3v) is 14.0. The van der Waals surface area contributed by atoms with Crippen LogP contribution in [-0.2, 0) is 101 Å². The van der Waals surface area contributed by atoms with E-state index in [0.717, 1.165) is 0 Å². The molecule has 5 aliphatic rings. The van der Waals surface area contributed by atoms with Gasteiger partial charge in [0.25, 0.3) is 0 Å². The van der Waals surface area contributed by atoms with Crippen LogP contribution in [0.4, 0.5) is 13.9 Å². The van der Waals surface area contributed by atoms with Gasteiger partial charge in [-0.3, -0.25) is 22.9 Å². The Morgan fingerprint density at radius 3 is 1.15 bits per heavy atom. The summed E-state index contributed by atoms with van der Waals surface area (Å²) in [5.41, 5.74) is 0. The molecule has 5 rings (SSSR count). The molecule has 5 heterocycles. The first-order chi connectivity index (χ1) is 34.6. The number of ether oxygens (including phenoxy) is 9. The highest BCUT2D eigenvalue weighted by molar-refractivity contribution is 7.81.